The number of alkyl halides is 1. The van der Waals surface area contributed by atoms with Gasteiger partial charge in [-0.15, -0.1) is 0 Å². The molecule has 0 aromatic heterocycles. The molecule has 0 unspecified atom stereocenters. The molecular formula is C16H11BrO. The van der Waals surface area contributed by atoms with E-state index in [2.05, 4.69) is 28.1 Å². The van der Waals surface area contributed by atoms with E-state index in [4.69, 9.17) is 0 Å². The van der Waals surface area contributed by atoms with Gasteiger partial charge in [0.2, 0.25) is 0 Å². The summed E-state index contributed by atoms with van der Waals surface area (Å²) in [4.78, 5) is 12.0. The van der Waals surface area contributed by atoms with Crippen LogP contribution in [0.2, 0.25) is 0 Å². The lowest BCUT2D eigenvalue weighted by molar-refractivity contribution is 0.102. The van der Waals surface area contributed by atoms with Crippen LogP contribution in [0.1, 0.15) is 10.4 Å². The summed E-state index contributed by atoms with van der Waals surface area (Å²) >= 11 is 3.25. The lowest BCUT2D eigenvalue weighted by atomic mass is 9.96. The van der Waals surface area contributed by atoms with Crippen molar-refractivity contribution >= 4 is 43.3 Å². The molecule has 88 valence electrons. The first-order valence-corrected chi connectivity index (χ1v) is 6.93. The van der Waals surface area contributed by atoms with Crippen molar-refractivity contribution < 1.29 is 4.79 Å². The number of Topliss-reactive ketones (excluding diaryl/α,β-unsaturated/α-hetero) is 1. The van der Waals surface area contributed by atoms with E-state index in [1.54, 1.807) is 0 Å². The topological polar surface area (TPSA) is 17.1 Å². The molecule has 0 saturated heterocycles. The number of hydrogen-bond acceptors (Lipinski definition) is 1. The Morgan fingerprint density at radius 2 is 1.50 bits per heavy atom. The SMILES string of the molecule is O=C(CBr)c1cc2ccccc2c2ccccc12. The van der Waals surface area contributed by atoms with Crippen molar-refractivity contribution in [1.29, 1.82) is 0 Å². The minimum atomic E-state index is 0.122. The van der Waals surface area contributed by atoms with Crippen LogP contribution in [0, 0.1) is 0 Å². The van der Waals surface area contributed by atoms with Gasteiger partial charge in [-0.25, -0.2) is 0 Å². The summed E-state index contributed by atoms with van der Waals surface area (Å²) in [6.07, 6.45) is 0. The minimum Gasteiger partial charge on any atom is -0.293 e. The molecule has 0 aliphatic heterocycles. The first-order chi connectivity index (χ1) is 8.81. The summed E-state index contributed by atoms with van der Waals surface area (Å²) in [6.45, 7) is 0. The van der Waals surface area contributed by atoms with Crippen LogP contribution in [0.15, 0.2) is 54.6 Å². The van der Waals surface area contributed by atoms with Crippen LogP contribution >= 0.6 is 15.9 Å². The van der Waals surface area contributed by atoms with Gasteiger partial charge in [-0.1, -0.05) is 64.5 Å². The van der Waals surface area contributed by atoms with Gasteiger partial charge in [0.1, 0.15) is 0 Å². The smallest absolute Gasteiger partial charge is 0.174 e. The average Bonchev–Trinajstić information content (AvgIpc) is 2.45. The second kappa shape index (κ2) is 4.54. The van der Waals surface area contributed by atoms with Gasteiger partial charge in [0, 0.05) is 5.56 Å². The maximum absolute atomic E-state index is 12.0. The highest BCUT2D eigenvalue weighted by Gasteiger charge is 2.11. The first-order valence-electron chi connectivity index (χ1n) is 5.81. The van der Waals surface area contributed by atoms with Crippen LogP contribution < -0.4 is 0 Å². The molecule has 3 aromatic rings. The molecule has 0 bridgehead atoms. The average molecular weight is 299 g/mol. The number of ketones is 1. The Morgan fingerprint density at radius 3 is 2.22 bits per heavy atom. The maximum Gasteiger partial charge on any atom is 0.174 e. The van der Waals surface area contributed by atoms with Crippen molar-refractivity contribution in [2.24, 2.45) is 0 Å². The Bertz CT molecular complexity index is 746. The molecule has 0 heterocycles. The van der Waals surface area contributed by atoms with Gasteiger partial charge in [0.05, 0.1) is 5.33 Å². The molecule has 1 nitrogen and oxygen atoms in total. The fourth-order valence-corrected chi connectivity index (χ4v) is 2.66. The monoisotopic (exact) mass is 298 g/mol. The Morgan fingerprint density at radius 1 is 0.889 bits per heavy atom. The Hall–Kier alpha value is -1.67. The molecule has 0 saturated carbocycles. The number of hydrogen-bond donors (Lipinski definition) is 0. The van der Waals surface area contributed by atoms with E-state index in [1.807, 2.05) is 42.5 Å². The summed E-state index contributed by atoms with van der Waals surface area (Å²) < 4.78 is 0. The third kappa shape index (κ3) is 1.73. The van der Waals surface area contributed by atoms with Crippen LogP contribution in [0.5, 0.6) is 0 Å². The van der Waals surface area contributed by atoms with E-state index >= 15 is 0 Å². The van der Waals surface area contributed by atoms with Crippen LogP contribution in [-0.2, 0) is 0 Å². The molecule has 2 heteroatoms. The number of rotatable bonds is 2. The normalized spacial score (nSPS) is 10.9. The summed E-state index contributed by atoms with van der Waals surface area (Å²) in [5.74, 6) is 0.122. The predicted octanol–water partition coefficient (Wildman–Crippen LogP) is 4.57. The molecule has 0 spiro atoms. The molecule has 0 atom stereocenters. The van der Waals surface area contributed by atoms with Crippen LogP contribution in [-0.4, -0.2) is 11.1 Å². The first kappa shape index (κ1) is 11.4. The highest BCUT2D eigenvalue weighted by atomic mass is 79.9. The fourth-order valence-electron chi connectivity index (χ4n) is 2.36. The van der Waals surface area contributed by atoms with Gasteiger partial charge in [-0.05, 0) is 27.6 Å². The van der Waals surface area contributed by atoms with Crippen molar-refractivity contribution in [2.75, 3.05) is 5.33 Å². The molecule has 0 amide bonds. The van der Waals surface area contributed by atoms with E-state index in [0.717, 1.165) is 21.7 Å². The molecule has 3 rings (SSSR count). The number of benzene rings is 3. The summed E-state index contributed by atoms with van der Waals surface area (Å²) in [7, 11) is 0. The standard InChI is InChI=1S/C16H11BrO/c17-10-16(18)15-9-11-5-1-2-6-12(11)13-7-3-4-8-14(13)15/h1-9H,10H2. The van der Waals surface area contributed by atoms with E-state index in [-0.39, 0.29) is 5.78 Å². The zero-order valence-electron chi connectivity index (χ0n) is 9.69. The van der Waals surface area contributed by atoms with Gasteiger partial charge in [0.15, 0.2) is 5.78 Å². The molecule has 0 radical (unpaired) electrons. The quantitative estimate of drug-likeness (QED) is 0.385. The second-order valence-corrected chi connectivity index (χ2v) is 4.81. The lowest BCUT2D eigenvalue weighted by Gasteiger charge is -2.08. The number of fused-ring (bicyclic) bond motifs is 3. The molecule has 0 aliphatic rings. The molecular weight excluding hydrogens is 288 g/mol. The third-order valence-corrected chi connectivity index (χ3v) is 3.70. The van der Waals surface area contributed by atoms with Gasteiger partial charge < -0.3 is 0 Å². The van der Waals surface area contributed by atoms with Gasteiger partial charge >= 0.3 is 0 Å². The van der Waals surface area contributed by atoms with Crippen molar-refractivity contribution in [3.05, 3.63) is 60.2 Å². The fraction of sp³-hybridized carbons (Fsp3) is 0.0625. The zero-order valence-corrected chi connectivity index (χ0v) is 11.3. The van der Waals surface area contributed by atoms with Gasteiger partial charge in [0.25, 0.3) is 0 Å². The number of carbonyl (C=O) groups excluding carboxylic acids is 1. The van der Waals surface area contributed by atoms with E-state index in [0.29, 0.717) is 5.33 Å². The molecule has 0 fully saturated rings. The third-order valence-electron chi connectivity index (χ3n) is 3.19. The van der Waals surface area contributed by atoms with Crippen molar-refractivity contribution in [1.82, 2.24) is 0 Å². The van der Waals surface area contributed by atoms with Crippen molar-refractivity contribution in [3.8, 4) is 0 Å². The molecule has 0 N–H and O–H groups in total. The minimum absolute atomic E-state index is 0.122. The summed E-state index contributed by atoms with van der Waals surface area (Å²) in [5.41, 5.74) is 0.793. The highest BCUT2D eigenvalue weighted by molar-refractivity contribution is 9.09. The zero-order chi connectivity index (χ0) is 12.5. The lowest BCUT2D eigenvalue weighted by Crippen LogP contribution is -2.01. The van der Waals surface area contributed by atoms with E-state index in [9.17, 15) is 4.79 Å². The van der Waals surface area contributed by atoms with E-state index < -0.39 is 0 Å². The van der Waals surface area contributed by atoms with Crippen molar-refractivity contribution in [2.45, 2.75) is 0 Å². The van der Waals surface area contributed by atoms with Gasteiger partial charge in [-0.2, -0.15) is 0 Å². The second-order valence-electron chi connectivity index (χ2n) is 4.25. The summed E-state index contributed by atoms with van der Waals surface area (Å²) in [6, 6.07) is 18.2. The number of halogens is 1. The molecule has 18 heavy (non-hydrogen) atoms. The predicted molar refractivity (Wildman–Crippen MR) is 79.6 cm³/mol. The van der Waals surface area contributed by atoms with Crippen molar-refractivity contribution in [3.63, 3.8) is 0 Å². The van der Waals surface area contributed by atoms with Crippen LogP contribution in [0.25, 0.3) is 21.5 Å². The molecule has 3 aromatic carbocycles. The van der Waals surface area contributed by atoms with Crippen LogP contribution in [0.3, 0.4) is 0 Å². The van der Waals surface area contributed by atoms with E-state index in [1.165, 1.54) is 5.39 Å². The molecule has 0 aliphatic carbocycles. The highest BCUT2D eigenvalue weighted by Crippen LogP contribution is 2.29. The largest absolute Gasteiger partial charge is 0.293 e. The Balaban J connectivity index is 2.50. The summed E-state index contributed by atoms with van der Waals surface area (Å²) in [5, 5.41) is 4.83. The maximum atomic E-state index is 12.0. The Kier molecular flexibility index (Phi) is 2.88. The van der Waals surface area contributed by atoms with Crippen LogP contribution in [0.4, 0.5) is 0 Å². The number of carbonyl (C=O) groups is 1. The van der Waals surface area contributed by atoms with Gasteiger partial charge in [-0.3, -0.25) is 4.79 Å². The Labute approximate surface area is 114 Å².